The highest BCUT2D eigenvalue weighted by atomic mass is 35.5. The number of fused-ring (bicyclic) bond motifs is 1. The monoisotopic (exact) mass is 551 g/mol. The van der Waals surface area contributed by atoms with Crippen LogP contribution in [0.4, 0.5) is 10.2 Å². The Labute approximate surface area is 224 Å². The zero-order valence-electron chi connectivity index (χ0n) is 19.9. The second-order valence-corrected chi connectivity index (χ2v) is 9.57. The third-order valence-electron chi connectivity index (χ3n) is 7.16. The van der Waals surface area contributed by atoms with Crippen molar-refractivity contribution in [3.05, 3.63) is 63.8 Å². The molecular formula is C25H28Cl2FN5O4. The molecule has 9 nitrogen and oxygen atoms in total. The first-order chi connectivity index (χ1) is 16.9. The van der Waals surface area contributed by atoms with Gasteiger partial charge in [0.25, 0.3) is 11.5 Å². The molecule has 0 saturated carbocycles. The summed E-state index contributed by atoms with van der Waals surface area (Å²) < 4.78 is 21.7. The van der Waals surface area contributed by atoms with Crippen LogP contribution in [0.2, 0.25) is 0 Å². The van der Waals surface area contributed by atoms with E-state index in [-0.39, 0.29) is 67.6 Å². The Hall–Kier alpha value is -2.76. The predicted octanol–water partition coefficient (Wildman–Crippen LogP) is 2.17. The number of aromatic nitrogens is 2. The molecule has 5 heterocycles. The lowest BCUT2D eigenvalue weighted by Gasteiger charge is -2.37. The molecule has 1 aromatic carbocycles. The van der Waals surface area contributed by atoms with Crippen molar-refractivity contribution in [3.63, 3.8) is 0 Å². The molecule has 0 spiro atoms. The van der Waals surface area contributed by atoms with Crippen molar-refractivity contribution in [1.82, 2.24) is 19.8 Å². The first kappa shape index (κ1) is 27.3. The van der Waals surface area contributed by atoms with E-state index in [1.807, 2.05) is 12.1 Å². The predicted molar refractivity (Wildman–Crippen MR) is 141 cm³/mol. The van der Waals surface area contributed by atoms with Gasteiger partial charge in [-0.3, -0.25) is 14.5 Å². The Bertz CT molecular complexity index is 1400. The van der Waals surface area contributed by atoms with Gasteiger partial charge in [-0.1, -0.05) is 0 Å². The number of carbonyl (C=O) groups is 1. The number of benzene rings is 1. The van der Waals surface area contributed by atoms with Crippen LogP contribution in [0.3, 0.4) is 0 Å². The van der Waals surface area contributed by atoms with Gasteiger partial charge < -0.3 is 25.0 Å². The average molecular weight is 552 g/mol. The number of anilines is 1. The van der Waals surface area contributed by atoms with Crippen LogP contribution in [0.5, 0.6) is 5.75 Å². The molecule has 2 aromatic heterocycles. The van der Waals surface area contributed by atoms with Gasteiger partial charge in [0, 0.05) is 30.8 Å². The topological polar surface area (TPSA) is 109 Å². The number of likely N-dealkylation sites (tertiary alicyclic amines) is 1. The number of nitrogens with one attached hydrogen (secondary N) is 2. The number of nitrogens with zero attached hydrogens (tertiary/aromatic N) is 3. The van der Waals surface area contributed by atoms with Crippen molar-refractivity contribution in [1.29, 1.82) is 0 Å². The lowest BCUT2D eigenvalue weighted by Crippen LogP contribution is -2.48. The number of β-amino-alcohol motifs (C(OH)–C–C–N with tert-alkyl or cyclic N) is 1. The summed E-state index contributed by atoms with van der Waals surface area (Å²) in [7, 11) is 0. The lowest BCUT2D eigenvalue weighted by atomic mass is 9.92. The maximum Gasteiger partial charge on any atom is 0.263 e. The molecule has 3 aliphatic rings. The van der Waals surface area contributed by atoms with E-state index in [2.05, 4.69) is 20.5 Å². The Balaban J connectivity index is 0.00000160. The van der Waals surface area contributed by atoms with Gasteiger partial charge in [0.2, 0.25) is 0 Å². The Morgan fingerprint density at radius 1 is 1.14 bits per heavy atom. The smallest absolute Gasteiger partial charge is 0.263 e. The van der Waals surface area contributed by atoms with Gasteiger partial charge in [-0.25, -0.2) is 9.37 Å². The van der Waals surface area contributed by atoms with Crippen LogP contribution < -0.4 is 20.9 Å². The molecule has 12 heteroatoms. The molecule has 1 unspecified atom stereocenters. The fourth-order valence-corrected chi connectivity index (χ4v) is 5.46. The summed E-state index contributed by atoms with van der Waals surface area (Å²) in [5.74, 6) is 0.327. The summed E-state index contributed by atoms with van der Waals surface area (Å²) in [6.07, 6.45) is 1.72. The van der Waals surface area contributed by atoms with Crippen LogP contribution in [0.1, 0.15) is 24.1 Å². The zero-order valence-corrected chi connectivity index (χ0v) is 21.5. The summed E-state index contributed by atoms with van der Waals surface area (Å²) in [6, 6.07) is 10.1. The highest BCUT2D eigenvalue weighted by Crippen LogP contribution is 2.38. The minimum Gasteiger partial charge on any atom is -0.480 e. The Morgan fingerprint density at radius 2 is 1.89 bits per heavy atom. The molecule has 37 heavy (non-hydrogen) atoms. The van der Waals surface area contributed by atoms with E-state index < -0.39 is 11.4 Å². The number of pyridine rings is 2. The highest BCUT2D eigenvalue weighted by molar-refractivity contribution is 5.94. The van der Waals surface area contributed by atoms with Gasteiger partial charge in [0.1, 0.15) is 11.4 Å². The van der Waals surface area contributed by atoms with Gasteiger partial charge >= 0.3 is 0 Å². The quantitative estimate of drug-likeness (QED) is 0.445. The first-order valence-electron chi connectivity index (χ1n) is 11.8. The summed E-state index contributed by atoms with van der Waals surface area (Å²) in [4.78, 5) is 30.5. The van der Waals surface area contributed by atoms with Crippen LogP contribution >= 0.6 is 24.8 Å². The van der Waals surface area contributed by atoms with Crippen LogP contribution in [0.15, 0.2) is 41.2 Å². The number of rotatable bonds is 5. The number of hydrogen-bond acceptors (Lipinski definition) is 7. The number of hydrogen-bond donors (Lipinski definition) is 3. The summed E-state index contributed by atoms with van der Waals surface area (Å²) in [5, 5.41) is 18.5. The van der Waals surface area contributed by atoms with Crippen molar-refractivity contribution in [2.45, 2.75) is 37.6 Å². The normalized spacial score (nSPS) is 21.0. The third-order valence-corrected chi connectivity index (χ3v) is 7.16. The molecule has 6 rings (SSSR count). The molecule has 1 amide bonds. The molecule has 0 radical (unpaired) electrons. The Kier molecular flexibility index (Phi) is 7.77. The second-order valence-electron chi connectivity index (χ2n) is 9.57. The number of ether oxygens (including phenoxy) is 1. The van der Waals surface area contributed by atoms with E-state index in [9.17, 15) is 19.1 Å². The molecule has 1 saturated heterocycles. The lowest BCUT2D eigenvalue weighted by molar-refractivity contribution is -0.118. The minimum absolute atomic E-state index is 0. The highest BCUT2D eigenvalue weighted by Gasteiger charge is 2.42. The molecule has 1 fully saturated rings. The van der Waals surface area contributed by atoms with Crippen molar-refractivity contribution < 1.29 is 19.0 Å². The molecule has 3 N–H and O–H groups in total. The van der Waals surface area contributed by atoms with Crippen molar-refractivity contribution >= 4 is 47.4 Å². The van der Waals surface area contributed by atoms with Gasteiger partial charge in [-0.2, -0.15) is 0 Å². The van der Waals surface area contributed by atoms with Crippen molar-refractivity contribution in [3.8, 4) is 5.75 Å². The number of aliphatic hydroxyl groups is 1. The van der Waals surface area contributed by atoms with E-state index in [1.165, 1.54) is 16.7 Å². The molecular weight excluding hydrogens is 524 g/mol. The van der Waals surface area contributed by atoms with E-state index in [4.69, 9.17) is 4.74 Å². The average Bonchev–Trinajstić information content (AvgIpc) is 3.17. The number of halogens is 3. The maximum atomic E-state index is 14.8. The summed E-state index contributed by atoms with van der Waals surface area (Å²) in [6.45, 7) is 2.37. The third kappa shape index (κ3) is 5.04. The molecule has 3 aliphatic heterocycles. The van der Waals surface area contributed by atoms with Crippen LogP contribution in [-0.4, -0.2) is 57.7 Å². The minimum atomic E-state index is -1.45. The summed E-state index contributed by atoms with van der Waals surface area (Å²) >= 11 is 0. The number of piperidine rings is 1. The van der Waals surface area contributed by atoms with Crippen LogP contribution in [0, 0.1) is 5.82 Å². The molecule has 0 aliphatic carbocycles. The molecule has 198 valence electrons. The first-order valence-corrected chi connectivity index (χ1v) is 11.8. The van der Waals surface area contributed by atoms with Crippen LogP contribution in [0.25, 0.3) is 10.9 Å². The van der Waals surface area contributed by atoms with Gasteiger partial charge in [-0.05, 0) is 61.6 Å². The van der Waals surface area contributed by atoms with Gasteiger partial charge in [0.05, 0.1) is 17.8 Å². The number of carbonyl (C=O) groups excluding carboxylic acids is 1. The fraction of sp³-hybridized carbons (Fsp3) is 0.400. The largest absolute Gasteiger partial charge is 0.480 e. The molecule has 0 bridgehead atoms. The second kappa shape index (κ2) is 10.5. The molecule has 1 atom stereocenters. The fourth-order valence-electron chi connectivity index (χ4n) is 5.46. The SMILES string of the molecule is Cl.Cl.O=C1COc2ccc(CNC3CCN(CC4(O)Cn5c(=O)ccc6ccc(F)c4c65)CC3)nc2N1. The van der Waals surface area contributed by atoms with Crippen molar-refractivity contribution in [2.24, 2.45) is 0 Å². The summed E-state index contributed by atoms with van der Waals surface area (Å²) in [5.41, 5.74) is -0.149. The van der Waals surface area contributed by atoms with Crippen molar-refractivity contribution in [2.75, 3.05) is 31.6 Å². The van der Waals surface area contributed by atoms with E-state index in [0.717, 1.165) is 37.0 Å². The Morgan fingerprint density at radius 3 is 2.68 bits per heavy atom. The maximum absolute atomic E-state index is 14.8. The van der Waals surface area contributed by atoms with E-state index in [0.29, 0.717) is 23.6 Å². The van der Waals surface area contributed by atoms with Gasteiger partial charge in [0.15, 0.2) is 18.2 Å². The molecule has 3 aromatic rings. The van der Waals surface area contributed by atoms with E-state index >= 15 is 0 Å². The number of amides is 1. The zero-order chi connectivity index (χ0) is 24.2. The van der Waals surface area contributed by atoms with Crippen LogP contribution in [-0.2, 0) is 23.5 Å². The van der Waals surface area contributed by atoms with E-state index in [1.54, 1.807) is 12.1 Å². The van der Waals surface area contributed by atoms with Gasteiger partial charge in [-0.15, -0.1) is 24.8 Å². The standard InChI is InChI=1S/C25H26FN5O4.2ClH/c26-18-4-1-15-2-6-21(33)31-14-25(34,22(18)23(15)31)13-30-9-7-16(8-10-30)27-11-17-3-5-19-24(28-17)29-20(32)12-35-19;;/h1-6,16,27,34H,7-14H2,(H,28,29,32);2*1H.